The van der Waals surface area contributed by atoms with Gasteiger partial charge < -0.3 is 5.11 Å². The lowest BCUT2D eigenvalue weighted by Gasteiger charge is -2.31. The van der Waals surface area contributed by atoms with Gasteiger partial charge in [-0.2, -0.15) is 0 Å². The molecule has 1 fully saturated rings. The molecule has 0 heterocycles. The molecule has 0 bridgehead atoms. The van der Waals surface area contributed by atoms with Gasteiger partial charge in [-0.3, -0.25) is 4.79 Å². The summed E-state index contributed by atoms with van der Waals surface area (Å²) in [6.07, 6.45) is 4.05. The van der Waals surface area contributed by atoms with Crippen molar-refractivity contribution in [2.75, 3.05) is 0 Å². The third-order valence-corrected chi connectivity index (χ3v) is 3.33. The van der Waals surface area contributed by atoms with Gasteiger partial charge >= 0.3 is 5.97 Å². The van der Waals surface area contributed by atoms with Crippen molar-refractivity contribution in [2.45, 2.75) is 25.7 Å². The van der Waals surface area contributed by atoms with Gasteiger partial charge in [0, 0.05) is 0 Å². The first-order valence-corrected chi connectivity index (χ1v) is 5.54. The monoisotopic (exact) mass is 204 g/mol. The standard InChI is InChI=1S/C13H16O2/c14-13(15)12(11-7-4-8-11)9-10-5-2-1-3-6-10/h1-3,5-6,11-12H,4,7-9H2,(H,14,15). The van der Waals surface area contributed by atoms with E-state index in [4.69, 9.17) is 5.11 Å². The Morgan fingerprint density at radius 3 is 2.47 bits per heavy atom. The van der Waals surface area contributed by atoms with Crippen LogP contribution in [0.2, 0.25) is 0 Å². The van der Waals surface area contributed by atoms with E-state index >= 15 is 0 Å². The summed E-state index contributed by atoms with van der Waals surface area (Å²) in [6, 6.07) is 9.91. The van der Waals surface area contributed by atoms with E-state index in [1.165, 1.54) is 6.42 Å². The minimum absolute atomic E-state index is 0.179. The first-order valence-electron chi connectivity index (χ1n) is 5.54. The van der Waals surface area contributed by atoms with Crippen LogP contribution in [0.1, 0.15) is 24.8 Å². The maximum absolute atomic E-state index is 11.1. The molecule has 0 saturated heterocycles. The van der Waals surface area contributed by atoms with Gasteiger partial charge in [-0.15, -0.1) is 0 Å². The zero-order chi connectivity index (χ0) is 10.7. The van der Waals surface area contributed by atoms with E-state index in [0.29, 0.717) is 12.3 Å². The molecule has 0 spiro atoms. The third kappa shape index (κ3) is 2.38. The highest BCUT2D eigenvalue weighted by Gasteiger charge is 2.32. The summed E-state index contributed by atoms with van der Waals surface area (Å²) >= 11 is 0. The summed E-state index contributed by atoms with van der Waals surface area (Å²) in [4.78, 5) is 11.1. The lowest BCUT2D eigenvalue weighted by atomic mass is 9.73. The Hall–Kier alpha value is -1.31. The van der Waals surface area contributed by atoms with Crippen molar-refractivity contribution in [3.63, 3.8) is 0 Å². The largest absolute Gasteiger partial charge is 0.481 e. The molecular weight excluding hydrogens is 188 g/mol. The molecule has 0 aliphatic heterocycles. The fraction of sp³-hybridized carbons (Fsp3) is 0.462. The van der Waals surface area contributed by atoms with Crippen LogP contribution in [0.4, 0.5) is 0 Å². The molecule has 1 N–H and O–H groups in total. The second-order valence-electron chi connectivity index (χ2n) is 4.33. The van der Waals surface area contributed by atoms with Gasteiger partial charge in [-0.05, 0) is 30.7 Å². The Balaban J connectivity index is 2.03. The highest BCUT2D eigenvalue weighted by atomic mass is 16.4. The fourth-order valence-corrected chi connectivity index (χ4v) is 2.17. The molecule has 1 unspecified atom stereocenters. The number of benzene rings is 1. The minimum atomic E-state index is -0.636. The van der Waals surface area contributed by atoms with Crippen LogP contribution in [0.5, 0.6) is 0 Å². The Kier molecular flexibility index (Phi) is 3.05. The molecule has 0 aromatic heterocycles. The maximum Gasteiger partial charge on any atom is 0.307 e. The van der Waals surface area contributed by atoms with Crippen LogP contribution in [-0.4, -0.2) is 11.1 Å². The Bertz CT molecular complexity index is 328. The lowest BCUT2D eigenvalue weighted by molar-refractivity contribution is -0.144. The van der Waals surface area contributed by atoms with Crippen LogP contribution in [-0.2, 0) is 11.2 Å². The second kappa shape index (κ2) is 4.47. The number of aliphatic carboxylic acids is 1. The first-order chi connectivity index (χ1) is 7.27. The summed E-state index contributed by atoms with van der Waals surface area (Å²) in [5.41, 5.74) is 1.14. The summed E-state index contributed by atoms with van der Waals surface area (Å²) in [6.45, 7) is 0. The van der Waals surface area contributed by atoms with E-state index in [9.17, 15) is 4.79 Å². The van der Waals surface area contributed by atoms with Gasteiger partial charge in [0.25, 0.3) is 0 Å². The Labute approximate surface area is 89.9 Å². The van der Waals surface area contributed by atoms with Crippen LogP contribution in [0.3, 0.4) is 0 Å². The molecule has 2 nitrogen and oxygen atoms in total. The van der Waals surface area contributed by atoms with Crippen molar-refractivity contribution in [3.8, 4) is 0 Å². The van der Waals surface area contributed by atoms with Crippen molar-refractivity contribution >= 4 is 5.97 Å². The SMILES string of the molecule is O=C(O)C(Cc1ccccc1)C1CCC1. The van der Waals surface area contributed by atoms with Gasteiger partial charge in [-0.1, -0.05) is 36.8 Å². The lowest BCUT2D eigenvalue weighted by Crippen LogP contribution is -2.30. The molecule has 2 heteroatoms. The molecule has 2 rings (SSSR count). The molecule has 1 saturated carbocycles. The Morgan fingerprint density at radius 1 is 1.33 bits per heavy atom. The van der Waals surface area contributed by atoms with Crippen LogP contribution in [0.15, 0.2) is 30.3 Å². The maximum atomic E-state index is 11.1. The Morgan fingerprint density at radius 2 is 2.00 bits per heavy atom. The van der Waals surface area contributed by atoms with Gasteiger partial charge in [0.05, 0.1) is 5.92 Å². The average Bonchev–Trinajstić information content (AvgIpc) is 2.15. The predicted molar refractivity (Wildman–Crippen MR) is 58.6 cm³/mol. The van der Waals surface area contributed by atoms with Crippen LogP contribution >= 0.6 is 0 Å². The third-order valence-electron chi connectivity index (χ3n) is 3.33. The number of carbonyl (C=O) groups is 1. The van der Waals surface area contributed by atoms with Crippen molar-refractivity contribution in [2.24, 2.45) is 11.8 Å². The van der Waals surface area contributed by atoms with Crippen molar-refractivity contribution in [1.29, 1.82) is 0 Å². The summed E-state index contributed by atoms with van der Waals surface area (Å²) in [5.74, 6) is -0.410. The molecule has 1 atom stereocenters. The van der Waals surface area contributed by atoms with E-state index in [1.54, 1.807) is 0 Å². The van der Waals surface area contributed by atoms with E-state index in [2.05, 4.69) is 0 Å². The summed E-state index contributed by atoms with van der Waals surface area (Å²) in [5, 5.41) is 9.17. The van der Waals surface area contributed by atoms with E-state index < -0.39 is 5.97 Å². The molecule has 1 aliphatic rings. The highest BCUT2D eigenvalue weighted by Crippen LogP contribution is 2.35. The van der Waals surface area contributed by atoms with Crippen LogP contribution < -0.4 is 0 Å². The number of carboxylic acids is 1. The van der Waals surface area contributed by atoms with E-state index in [1.807, 2.05) is 30.3 Å². The summed E-state index contributed by atoms with van der Waals surface area (Å²) in [7, 11) is 0. The average molecular weight is 204 g/mol. The topological polar surface area (TPSA) is 37.3 Å². The fourth-order valence-electron chi connectivity index (χ4n) is 2.17. The first kappa shape index (κ1) is 10.2. The van der Waals surface area contributed by atoms with E-state index in [0.717, 1.165) is 18.4 Å². The molecule has 1 aromatic carbocycles. The van der Waals surface area contributed by atoms with Crippen molar-refractivity contribution < 1.29 is 9.90 Å². The zero-order valence-electron chi connectivity index (χ0n) is 8.73. The molecular formula is C13H16O2. The van der Waals surface area contributed by atoms with Crippen LogP contribution in [0.25, 0.3) is 0 Å². The van der Waals surface area contributed by atoms with Crippen LogP contribution in [0, 0.1) is 11.8 Å². The van der Waals surface area contributed by atoms with Crippen molar-refractivity contribution in [3.05, 3.63) is 35.9 Å². The second-order valence-corrected chi connectivity index (χ2v) is 4.33. The van der Waals surface area contributed by atoms with Gasteiger partial charge in [-0.25, -0.2) is 0 Å². The smallest absolute Gasteiger partial charge is 0.307 e. The normalized spacial score (nSPS) is 18.1. The molecule has 0 amide bonds. The van der Waals surface area contributed by atoms with Crippen molar-refractivity contribution in [1.82, 2.24) is 0 Å². The number of hydrogen-bond donors (Lipinski definition) is 1. The minimum Gasteiger partial charge on any atom is -0.481 e. The number of rotatable bonds is 4. The molecule has 1 aromatic rings. The quantitative estimate of drug-likeness (QED) is 0.818. The summed E-state index contributed by atoms with van der Waals surface area (Å²) < 4.78 is 0. The molecule has 15 heavy (non-hydrogen) atoms. The zero-order valence-corrected chi connectivity index (χ0v) is 8.73. The van der Waals surface area contributed by atoms with Gasteiger partial charge in [0.2, 0.25) is 0 Å². The van der Waals surface area contributed by atoms with E-state index in [-0.39, 0.29) is 5.92 Å². The predicted octanol–water partition coefficient (Wildman–Crippen LogP) is 2.73. The molecule has 1 aliphatic carbocycles. The number of carboxylic acid groups (broad SMARTS) is 1. The number of hydrogen-bond acceptors (Lipinski definition) is 1. The van der Waals surface area contributed by atoms with Gasteiger partial charge in [0.15, 0.2) is 0 Å². The molecule has 80 valence electrons. The molecule has 0 radical (unpaired) electrons. The van der Waals surface area contributed by atoms with Gasteiger partial charge in [0.1, 0.15) is 0 Å². The highest BCUT2D eigenvalue weighted by molar-refractivity contribution is 5.71.